The Morgan fingerprint density at radius 1 is 1.22 bits per heavy atom. The number of thiophene rings is 1. The molecule has 0 aliphatic rings. The predicted octanol–water partition coefficient (Wildman–Crippen LogP) is 2.20. The van der Waals surface area contributed by atoms with Gasteiger partial charge in [-0.25, -0.2) is 4.39 Å². The molecule has 0 saturated carbocycles. The molecule has 0 radical (unpaired) electrons. The Hall–Kier alpha value is -1.73. The standard InChI is InChI=1S/C11H9FN2O2S2/c12-10-5-3-9(4-6-10)8-13-14-18(15,16)11-2-1-7-17-11/h1-8,14H/b13-8+. The van der Waals surface area contributed by atoms with E-state index in [2.05, 4.69) is 9.93 Å². The Labute approximate surface area is 108 Å². The van der Waals surface area contributed by atoms with Gasteiger partial charge < -0.3 is 0 Å². The van der Waals surface area contributed by atoms with Crippen molar-refractivity contribution >= 4 is 27.6 Å². The van der Waals surface area contributed by atoms with E-state index in [-0.39, 0.29) is 10.0 Å². The number of rotatable bonds is 4. The fourth-order valence-electron chi connectivity index (χ4n) is 1.18. The van der Waals surface area contributed by atoms with E-state index in [4.69, 9.17) is 0 Å². The summed E-state index contributed by atoms with van der Waals surface area (Å²) in [7, 11) is -3.60. The fraction of sp³-hybridized carbons (Fsp3) is 0. The second-order valence-electron chi connectivity index (χ2n) is 3.34. The summed E-state index contributed by atoms with van der Waals surface area (Å²) in [6.45, 7) is 0. The van der Waals surface area contributed by atoms with Crippen LogP contribution in [-0.4, -0.2) is 14.6 Å². The van der Waals surface area contributed by atoms with Crippen molar-refractivity contribution in [3.63, 3.8) is 0 Å². The highest BCUT2D eigenvalue weighted by molar-refractivity contribution is 7.91. The average molecular weight is 284 g/mol. The van der Waals surface area contributed by atoms with Crippen LogP contribution in [-0.2, 0) is 10.0 Å². The van der Waals surface area contributed by atoms with Crippen molar-refractivity contribution in [3.8, 4) is 0 Å². The Morgan fingerprint density at radius 3 is 2.56 bits per heavy atom. The van der Waals surface area contributed by atoms with Gasteiger partial charge in [0.1, 0.15) is 10.0 Å². The van der Waals surface area contributed by atoms with Gasteiger partial charge in [0, 0.05) is 0 Å². The summed E-state index contributed by atoms with van der Waals surface area (Å²) in [5.41, 5.74) is 0.602. The molecular formula is C11H9FN2O2S2. The number of hydrogen-bond donors (Lipinski definition) is 1. The SMILES string of the molecule is O=S(=O)(N/N=C/c1ccc(F)cc1)c1cccs1. The number of halogens is 1. The van der Waals surface area contributed by atoms with Crippen molar-refractivity contribution < 1.29 is 12.8 Å². The van der Waals surface area contributed by atoms with E-state index in [9.17, 15) is 12.8 Å². The maximum Gasteiger partial charge on any atom is 0.286 e. The second-order valence-corrected chi connectivity index (χ2v) is 6.17. The first-order valence-electron chi connectivity index (χ1n) is 4.92. The van der Waals surface area contributed by atoms with E-state index in [0.29, 0.717) is 5.56 Å². The van der Waals surface area contributed by atoms with Gasteiger partial charge in [-0.05, 0) is 29.1 Å². The van der Waals surface area contributed by atoms with Crippen molar-refractivity contribution in [2.45, 2.75) is 4.21 Å². The van der Waals surface area contributed by atoms with Crippen molar-refractivity contribution in [3.05, 3.63) is 53.2 Å². The van der Waals surface area contributed by atoms with E-state index in [1.165, 1.54) is 36.5 Å². The molecule has 4 nitrogen and oxygen atoms in total. The molecule has 1 heterocycles. The lowest BCUT2D eigenvalue weighted by atomic mass is 10.2. The van der Waals surface area contributed by atoms with Crippen LogP contribution >= 0.6 is 11.3 Å². The van der Waals surface area contributed by atoms with Crippen molar-refractivity contribution in [1.82, 2.24) is 4.83 Å². The molecular weight excluding hydrogens is 275 g/mol. The Kier molecular flexibility index (Phi) is 3.73. The molecule has 0 aliphatic carbocycles. The minimum Gasteiger partial charge on any atom is -0.207 e. The quantitative estimate of drug-likeness (QED) is 0.691. The zero-order chi connectivity index (χ0) is 13.0. The van der Waals surface area contributed by atoms with Gasteiger partial charge in [-0.3, -0.25) is 0 Å². The topological polar surface area (TPSA) is 58.5 Å². The van der Waals surface area contributed by atoms with Crippen LogP contribution < -0.4 is 4.83 Å². The molecule has 1 aromatic heterocycles. The third-order valence-electron chi connectivity index (χ3n) is 2.02. The predicted molar refractivity (Wildman–Crippen MR) is 68.6 cm³/mol. The maximum absolute atomic E-state index is 12.6. The van der Waals surface area contributed by atoms with Crippen LogP contribution in [0.3, 0.4) is 0 Å². The number of hydrogen-bond acceptors (Lipinski definition) is 4. The normalized spacial score (nSPS) is 11.8. The van der Waals surface area contributed by atoms with Gasteiger partial charge in [-0.15, -0.1) is 11.3 Å². The summed E-state index contributed by atoms with van der Waals surface area (Å²) in [6.07, 6.45) is 1.31. The molecule has 2 aromatic rings. The van der Waals surface area contributed by atoms with Crippen LogP contribution in [0.15, 0.2) is 51.1 Å². The highest BCUT2D eigenvalue weighted by Crippen LogP contribution is 2.14. The largest absolute Gasteiger partial charge is 0.286 e. The van der Waals surface area contributed by atoms with Gasteiger partial charge in [0.15, 0.2) is 0 Å². The third-order valence-corrected chi connectivity index (χ3v) is 4.64. The molecule has 0 aliphatic heterocycles. The highest BCUT2D eigenvalue weighted by atomic mass is 32.2. The van der Waals surface area contributed by atoms with Crippen LogP contribution in [0.4, 0.5) is 4.39 Å². The third kappa shape index (κ3) is 3.14. The van der Waals surface area contributed by atoms with E-state index >= 15 is 0 Å². The van der Waals surface area contributed by atoms with E-state index < -0.39 is 10.0 Å². The summed E-state index contributed by atoms with van der Waals surface area (Å²) in [6, 6.07) is 8.67. The summed E-state index contributed by atoms with van der Waals surface area (Å²) in [4.78, 5) is 2.08. The number of hydrazone groups is 1. The fourth-order valence-corrected chi connectivity index (χ4v) is 2.95. The maximum atomic E-state index is 12.6. The Bertz CT molecular complexity index is 634. The second kappa shape index (κ2) is 5.28. The first-order chi connectivity index (χ1) is 8.58. The van der Waals surface area contributed by atoms with Crippen LogP contribution in [0, 0.1) is 5.82 Å². The molecule has 2 rings (SSSR count). The van der Waals surface area contributed by atoms with Gasteiger partial charge >= 0.3 is 0 Å². The molecule has 0 fully saturated rings. The lowest BCUT2D eigenvalue weighted by molar-refractivity contribution is 0.587. The summed E-state index contributed by atoms with van der Waals surface area (Å²) in [5, 5.41) is 5.29. The first-order valence-corrected chi connectivity index (χ1v) is 7.28. The molecule has 0 atom stereocenters. The number of nitrogens with one attached hydrogen (secondary N) is 1. The van der Waals surface area contributed by atoms with Gasteiger partial charge in [0.2, 0.25) is 0 Å². The first kappa shape index (κ1) is 12.7. The minimum absolute atomic E-state index is 0.193. The van der Waals surface area contributed by atoms with Crippen LogP contribution in [0.1, 0.15) is 5.56 Å². The molecule has 7 heteroatoms. The van der Waals surface area contributed by atoms with E-state index in [1.807, 2.05) is 0 Å². The van der Waals surface area contributed by atoms with E-state index in [1.54, 1.807) is 11.4 Å². The molecule has 1 N–H and O–H groups in total. The van der Waals surface area contributed by atoms with Crippen molar-refractivity contribution in [2.24, 2.45) is 5.10 Å². The smallest absolute Gasteiger partial charge is 0.207 e. The molecule has 18 heavy (non-hydrogen) atoms. The monoisotopic (exact) mass is 284 g/mol. The lowest BCUT2D eigenvalue weighted by Gasteiger charge is -1.99. The number of benzene rings is 1. The van der Waals surface area contributed by atoms with Crippen LogP contribution in [0.5, 0.6) is 0 Å². The van der Waals surface area contributed by atoms with Gasteiger partial charge in [-0.1, -0.05) is 18.2 Å². The highest BCUT2D eigenvalue weighted by Gasteiger charge is 2.12. The molecule has 0 spiro atoms. The molecule has 94 valence electrons. The number of sulfonamides is 1. The Morgan fingerprint density at radius 2 is 1.94 bits per heavy atom. The van der Waals surface area contributed by atoms with Gasteiger partial charge in [0.25, 0.3) is 10.0 Å². The van der Waals surface area contributed by atoms with Crippen LogP contribution in [0.2, 0.25) is 0 Å². The summed E-state index contributed by atoms with van der Waals surface area (Å²) >= 11 is 1.10. The lowest BCUT2D eigenvalue weighted by Crippen LogP contribution is -2.17. The molecule has 0 bridgehead atoms. The summed E-state index contributed by atoms with van der Waals surface area (Å²) in [5.74, 6) is -0.355. The molecule has 1 aromatic carbocycles. The number of nitrogens with zero attached hydrogens (tertiary/aromatic N) is 1. The van der Waals surface area contributed by atoms with Crippen molar-refractivity contribution in [2.75, 3.05) is 0 Å². The van der Waals surface area contributed by atoms with Gasteiger partial charge in [-0.2, -0.15) is 18.4 Å². The average Bonchev–Trinajstić information content (AvgIpc) is 2.86. The van der Waals surface area contributed by atoms with Gasteiger partial charge in [0.05, 0.1) is 6.21 Å². The Balaban J connectivity index is 2.06. The zero-order valence-electron chi connectivity index (χ0n) is 9.08. The minimum atomic E-state index is -3.60. The zero-order valence-corrected chi connectivity index (χ0v) is 10.7. The van der Waals surface area contributed by atoms with E-state index in [0.717, 1.165) is 11.3 Å². The van der Waals surface area contributed by atoms with Crippen molar-refractivity contribution in [1.29, 1.82) is 0 Å². The molecule has 0 amide bonds. The molecule has 0 unspecified atom stereocenters. The molecule has 0 saturated heterocycles. The summed E-state index contributed by atoms with van der Waals surface area (Å²) < 4.78 is 36.1. The van der Waals surface area contributed by atoms with Crippen LogP contribution in [0.25, 0.3) is 0 Å².